The number of oxazole rings is 1. The molecule has 6 nitrogen and oxygen atoms in total. The highest BCUT2D eigenvalue weighted by molar-refractivity contribution is 5.56. The Morgan fingerprint density at radius 3 is 2.94 bits per heavy atom. The third kappa shape index (κ3) is 2.72. The van der Waals surface area contributed by atoms with Crippen LogP contribution in [-0.2, 0) is 0 Å². The second-order valence-corrected chi connectivity index (χ2v) is 3.68. The second-order valence-electron chi connectivity index (χ2n) is 3.68. The summed E-state index contributed by atoms with van der Waals surface area (Å²) in [5.41, 5.74) is 0.761. The van der Waals surface area contributed by atoms with Crippen molar-refractivity contribution in [2.24, 2.45) is 0 Å². The number of rotatable bonds is 5. The fourth-order valence-electron chi connectivity index (χ4n) is 1.56. The van der Waals surface area contributed by atoms with Crippen LogP contribution in [-0.4, -0.2) is 23.7 Å². The number of aromatic nitrogens is 1. The number of hydrogen-bond donors (Lipinski definition) is 3. The molecule has 1 unspecified atom stereocenters. The molecule has 0 bridgehead atoms. The van der Waals surface area contributed by atoms with Crippen LogP contribution in [0.25, 0.3) is 0 Å². The Morgan fingerprint density at radius 2 is 2.28 bits per heavy atom. The number of aliphatic hydroxyl groups is 1. The summed E-state index contributed by atoms with van der Waals surface area (Å²) in [4.78, 5) is 13.1. The molecule has 1 heterocycles. The summed E-state index contributed by atoms with van der Waals surface area (Å²) in [6.07, 6.45) is 0.436. The number of aliphatic hydroxyl groups excluding tert-OH is 1. The van der Waals surface area contributed by atoms with Gasteiger partial charge in [0.05, 0.1) is 12.8 Å². The minimum absolute atomic E-state index is 0.197. The van der Waals surface area contributed by atoms with E-state index in [2.05, 4.69) is 10.3 Å². The van der Waals surface area contributed by atoms with Gasteiger partial charge in [-0.1, -0.05) is 12.1 Å². The Labute approximate surface area is 103 Å². The van der Waals surface area contributed by atoms with Crippen LogP contribution >= 0.6 is 0 Å². The van der Waals surface area contributed by atoms with E-state index >= 15 is 0 Å². The van der Waals surface area contributed by atoms with Gasteiger partial charge in [-0.05, 0) is 12.1 Å². The van der Waals surface area contributed by atoms with E-state index in [9.17, 15) is 9.90 Å². The Kier molecular flexibility index (Phi) is 3.69. The highest BCUT2D eigenvalue weighted by Crippen LogP contribution is 2.23. The molecule has 0 saturated carbocycles. The Balaban J connectivity index is 2.01. The van der Waals surface area contributed by atoms with E-state index in [-0.39, 0.29) is 12.3 Å². The summed E-state index contributed by atoms with van der Waals surface area (Å²) >= 11 is 0. The van der Waals surface area contributed by atoms with Crippen molar-refractivity contribution in [3.8, 4) is 5.75 Å². The Morgan fingerprint density at radius 1 is 1.50 bits per heavy atom. The van der Waals surface area contributed by atoms with Gasteiger partial charge in [0.25, 0.3) is 0 Å². The molecular weight excluding hydrogens is 236 g/mol. The molecular formula is C12H14N2O4. The normalized spacial score (nSPS) is 12.1. The number of ether oxygens (including phenoxy) is 1. The maximum Gasteiger partial charge on any atom is 0.416 e. The first-order valence-electron chi connectivity index (χ1n) is 5.44. The molecule has 0 spiro atoms. The van der Waals surface area contributed by atoms with Crippen LogP contribution in [0.4, 0.5) is 5.69 Å². The molecule has 0 saturated heterocycles. The lowest BCUT2D eigenvalue weighted by Gasteiger charge is -2.12. The highest BCUT2D eigenvalue weighted by atomic mass is 16.5. The zero-order valence-electron chi connectivity index (χ0n) is 9.84. The van der Waals surface area contributed by atoms with E-state index in [1.54, 1.807) is 7.11 Å². The van der Waals surface area contributed by atoms with Gasteiger partial charge in [-0.2, -0.15) is 0 Å². The van der Waals surface area contributed by atoms with E-state index in [1.807, 2.05) is 24.3 Å². The number of aromatic amines is 1. The van der Waals surface area contributed by atoms with E-state index in [1.165, 1.54) is 6.20 Å². The van der Waals surface area contributed by atoms with Gasteiger partial charge in [-0.3, -0.25) is 4.98 Å². The number of nitrogens with one attached hydrogen (secondary N) is 2. The van der Waals surface area contributed by atoms with Crippen molar-refractivity contribution in [3.05, 3.63) is 46.8 Å². The van der Waals surface area contributed by atoms with Crippen molar-refractivity contribution in [1.82, 2.24) is 4.98 Å². The van der Waals surface area contributed by atoms with Crippen molar-refractivity contribution >= 4 is 5.69 Å². The zero-order valence-corrected chi connectivity index (χ0v) is 9.84. The van der Waals surface area contributed by atoms with E-state index in [0.717, 1.165) is 5.69 Å². The van der Waals surface area contributed by atoms with Crippen LogP contribution in [0.2, 0.25) is 0 Å². The van der Waals surface area contributed by atoms with Crippen LogP contribution in [0, 0.1) is 0 Å². The standard InChI is InChI=1S/C12H14N2O4/c1-17-10-5-3-2-4-8(10)13-6-9(15)11-7-14-12(16)18-11/h2-5,7,9,13,15H,6H2,1H3,(H,14,16). The van der Waals surface area contributed by atoms with Gasteiger partial charge in [-0.25, -0.2) is 4.79 Å². The first-order chi connectivity index (χ1) is 8.70. The molecule has 1 aromatic heterocycles. The number of benzene rings is 1. The lowest BCUT2D eigenvalue weighted by atomic mass is 10.2. The van der Waals surface area contributed by atoms with E-state index in [4.69, 9.17) is 9.15 Å². The van der Waals surface area contributed by atoms with Gasteiger partial charge in [0.1, 0.15) is 11.9 Å². The number of para-hydroxylation sites is 2. The molecule has 18 heavy (non-hydrogen) atoms. The summed E-state index contributed by atoms with van der Waals surface area (Å²) in [6, 6.07) is 7.35. The van der Waals surface area contributed by atoms with Gasteiger partial charge in [0, 0.05) is 12.7 Å². The van der Waals surface area contributed by atoms with Crippen LogP contribution < -0.4 is 15.8 Å². The second kappa shape index (κ2) is 5.42. The van der Waals surface area contributed by atoms with Gasteiger partial charge < -0.3 is 19.6 Å². The fraction of sp³-hybridized carbons (Fsp3) is 0.250. The molecule has 2 aromatic rings. The van der Waals surface area contributed by atoms with Gasteiger partial charge in [0.2, 0.25) is 0 Å². The maximum atomic E-state index is 10.8. The average Bonchev–Trinajstić information content (AvgIpc) is 2.83. The van der Waals surface area contributed by atoms with Gasteiger partial charge in [0.15, 0.2) is 5.76 Å². The number of H-pyrrole nitrogens is 1. The minimum Gasteiger partial charge on any atom is -0.495 e. The van der Waals surface area contributed by atoms with Crippen molar-refractivity contribution in [2.75, 3.05) is 19.0 Å². The average molecular weight is 250 g/mol. The molecule has 6 heteroatoms. The Bertz CT molecular complexity index is 561. The predicted molar refractivity (Wildman–Crippen MR) is 65.8 cm³/mol. The van der Waals surface area contributed by atoms with Crippen LogP contribution in [0.3, 0.4) is 0 Å². The first kappa shape index (κ1) is 12.3. The van der Waals surface area contributed by atoms with E-state index < -0.39 is 11.9 Å². The van der Waals surface area contributed by atoms with Gasteiger partial charge in [-0.15, -0.1) is 0 Å². The lowest BCUT2D eigenvalue weighted by molar-refractivity contribution is 0.160. The van der Waals surface area contributed by atoms with Crippen LogP contribution in [0.5, 0.6) is 5.75 Å². The topological polar surface area (TPSA) is 87.5 Å². The molecule has 0 radical (unpaired) electrons. The largest absolute Gasteiger partial charge is 0.495 e. The monoisotopic (exact) mass is 250 g/mol. The Hall–Kier alpha value is -2.21. The quantitative estimate of drug-likeness (QED) is 0.740. The minimum atomic E-state index is -0.908. The molecule has 0 fully saturated rings. The molecule has 0 aliphatic heterocycles. The summed E-state index contributed by atoms with van der Waals surface area (Å²) in [7, 11) is 1.57. The highest BCUT2D eigenvalue weighted by Gasteiger charge is 2.12. The fourth-order valence-corrected chi connectivity index (χ4v) is 1.56. The maximum absolute atomic E-state index is 10.8. The molecule has 0 amide bonds. The number of hydrogen-bond acceptors (Lipinski definition) is 5. The first-order valence-corrected chi connectivity index (χ1v) is 5.44. The molecule has 0 aliphatic carbocycles. The van der Waals surface area contributed by atoms with E-state index in [0.29, 0.717) is 5.75 Å². The SMILES string of the molecule is COc1ccccc1NCC(O)c1c[nH]c(=O)o1. The van der Waals surface area contributed by atoms with Crippen molar-refractivity contribution in [1.29, 1.82) is 0 Å². The van der Waals surface area contributed by atoms with Crippen molar-refractivity contribution in [3.63, 3.8) is 0 Å². The molecule has 96 valence electrons. The third-order valence-corrected chi connectivity index (χ3v) is 2.46. The number of anilines is 1. The molecule has 1 atom stereocenters. The number of methoxy groups -OCH3 is 1. The van der Waals surface area contributed by atoms with Crippen LogP contribution in [0.1, 0.15) is 11.9 Å². The summed E-state index contributed by atoms with van der Waals surface area (Å²) in [6.45, 7) is 0.209. The molecule has 1 aromatic carbocycles. The summed E-state index contributed by atoms with van der Waals surface area (Å²) in [5, 5.41) is 12.8. The smallest absolute Gasteiger partial charge is 0.416 e. The molecule has 3 N–H and O–H groups in total. The van der Waals surface area contributed by atoms with Crippen LogP contribution in [0.15, 0.2) is 39.7 Å². The molecule has 2 rings (SSSR count). The lowest BCUT2D eigenvalue weighted by Crippen LogP contribution is -2.12. The predicted octanol–water partition coefficient (Wildman–Crippen LogP) is 1.12. The van der Waals surface area contributed by atoms with Crippen molar-refractivity contribution < 1.29 is 14.3 Å². The molecule has 0 aliphatic rings. The zero-order chi connectivity index (χ0) is 13.0. The third-order valence-electron chi connectivity index (χ3n) is 2.46. The van der Waals surface area contributed by atoms with Gasteiger partial charge >= 0.3 is 5.76 Å². The summed E-state index contributed by atoms with van der Waals surface area (Å²) < 4.78 is 9.92. The van der Waals surface area contributed by atoms with Crippen molar-refractivity contribution in [2.45, 2.75) is 6.10 Å². The summed E-state index contributed by atoms with van der Waals surface area (Å²) in [5.74, 6) is 0.295.